The fourth-order valence-corrected chi connectivity index (χ4v) is 6.23. The molecule has 0 spiro atoms. The minimum Gasteiger partial charge on any atom is -0.212 e. The number of hydrogen-bond acceptors (Lipinski definition) is 5. The molecule has 0 bridgehead atoms. The highest BCUT2D eigenvalue weighted by Crippen LogP contribution is 2.26. The van der Waals surface area contributed by atoms with E-state index in [1.807, 2.05) is 19.9 Å². The lowest BCUT2D eigenvalue weighted by molar-refractivity contribution is 0.482. The van der Waals surface area contributed by atoms with Crippen molar-refractivity contribution in [2.75, 3.05) is 19.3 Å². The molecule has 0 aliphatic carbocycles. The van der Waals surface area contributed by atoms with Gasteiger partial charge >= 0.3 is 0 Å². The maximum absolute atomic E-state index is 13.0. The Morgan fingerprint density at radius 3 is 2.26 bits per heavy atom. The van der Waals surface area contributed by atoms with Crippen LogP contribution in [-0.2, 0) is 20.0 Å². The predicted molar refractivity (Wildman–Crippen MR) is 105 cm³/mol. The Labute approximate surface area is 164 Å². The Kier molecular flexibility index (Phi) is 6.80. The molecule has 0 fully saturated rings. The second kappa shape index (κ2) is 8.36. The van der Waals surface area contributed by atoms with Crippen molar-refractivity contribution in [3.63, 3.8) is 0 Å². The maximum Gasteiger partial charge on any atom is 0.242 e. The van der Waals surface area contributed by atoms with Gasteiger partial charge in [0.1, 0.15) is 5.82 Å². The highest BCUT2D eigenvalue weighted by Gasteiger charge is 2.24. The van der Waals surface area contributed by atoms with Gasteiger partial charge in [-0.3, -0.25) is 0 Å². The summed E-state index contributed by atoms with van der Waals surface area (Å²) in [6.07, 6.45) is 0. The van der Waals surface area contributed by atoms with E-state index in [2.05, 4.69) is 4.72 Å². The molecule has 2 aromatic rings. The van der Waals surface area contributed by atoms with Crippen LogP contribution < -0.4 is 4.72 Å². The van der Waals surface area contributed by atoms with Crippen molar-refractivity contribution in [1.82, 2.24) is 9.03 Å². The van der Waals surface area contributed by atoms with Gasteiger partial charge in [-0.1, -0.05) is 0 Å². The van der Waals surface area contributed by atoms with Gasteiger partial charge in [-0.2, -0.15) is 4.31 Å². The molecule has 1 heterocycles. The Morgan fingerprint density at radius 2 is 1.74 bits per heavy atom. The van der Waals surface area contributed by atoms with E-state index in [0.29, 0.717) is 0 Å². The molecule has 0 saturated carbocycles. The number of halogens is 1. The second-order valence-corrected chi connectivity index (χ2v) is 11.7. The van der Waals surface area contributed by atoms with Crippen molar-refractivity contribution >= 4 is 31.4 Å². The minimum absolute atomic E-state index is 0.0884. The van der Waals surface area contributed by atoms with Crippen molar-refractivity contribution in [3.05, 3.63) is 51.5 Å². The summed E-state index contributed by atoms with van der Waals surface area (Å²) in [6, 6.07) is 5.93. The number of sulfonamides is 2. The molecule has 1 aromatic heterocycles. The maximum atomic E-state index is 13.0. The van der Waals surface area contributed by atoms with E-state index in [1.165, 1.54) is 7.05 Å². The van der Waals surface area contributed by atoms with Crippen molar-refractivity contribution in [2.24, 2.45) is 0 Å². The zero-order chi connectivity index (χ0) is 20.4. The number of benzene rings is 1. The van der Waals surface area contributed by atoms with Crippen LogP contribution >= 0.6 is 11.3 Å². The molecule has 1 N–H and O–H groups in total. The summed E-state index contributed by atoms with van der Waals surface area (Å²) in [4.78, 5) is 2.05. The van der Waals surface area contributed by atoms with Gasteiger partial charge in [-0.05, 0) is 56.7 Å². The van der Waals surface area contributed by atoms with Gasteiger partial charge < -0.3 is 0 Å². The summed E-state index contributed by atoms with van der Waals surface area (Å²) in [5, 5.41) is 0. The number of nitrogens with zero attached hydrogens (tertiary/aromatic N) is 1. The smallest absolute Gasteiger partial charge is 0.212 e. The fraction of sp³-hybridized carbons (Fsp3) is 0.412. The highest BCUT2D eigenvalue weighted by atomic mass is 32.2. The second-order valence-electron chi connectivity index (χ2n) is 6.31. The van der Waals surface area contributed by atoms with Crippen molar-refractivity contribution in [2.45, 2.75) is 31.7 Å². The third kappa shape index (κ3) is 5.58. The average Bonchev–Trinajstić information content (AvgIpc) is 2.91. The van der Waals surface area contributed by atoms with Gasteiger partial charge in [0.05, 0.1) is 10.6 Å². The number of nitrogens with one attached hydrogen (secondary N) is 1. The molecule has 150 valence electrons. The summed E-state index contributed by atoms with van der Waals surface area (Å²) in [7, 11) is -6.28. The van der Waals surface area contributed by atoms with Crippen LogP contribution in [0.4, 0.5) is 4.39 Å². The third-order valence-electron chi connectivity index (χ3n) is 4.10. The van der Waals surface area contributed by atoms with Crippen LogP contribution in [0.25, 0.3) is 0 Å². The molecule has 1 aromatic carbocycles. The van der Waals surface area contributed by atoms with E-state index < -0.39 is 31.9 Å². The summed E-state index contributed by atoms with van der Waals surface area (Å²) in [6.45, 7) is 5.42. The van der Waals surface area contributed by atoms with E-state index >= 15 is 0 Å². The van der Waals surface area contributed by atoms with Crippen LogP contribution in [0.5, 0.6) is 0 Å². The molecule has 6 nitrogen and oxygen atoms in total. The zero-order valence-electron chi connectivity index (χ0n) is 15.6. The summed E-state index contributed by atoms with van der Waals surface area (Å²) < 4.78 is 66.1. The number of aryl methyl sites for hydroxylation is 2. The van der Waals surface area contributed by atoms with Crippen LogP contribution in [0.3, 0.4) is 0 Å². The number of rotatable bonds is 8. The van der Waals surface area contributed by atoms with E-state index in [0.717, 1.165) is 43.9 Å². The SMILES string of the molecule is Cc1cc(C(C)NS(=O)(=O)CCN(C)S(=O)(=O)c2ccc(F)cc2)c(C)s1. The lowest BCUT2D eigenvalue weighted by Gasteiger charge is -2.19. The topological polar surface area (TPSA) is 83.6 Å². The molecule has 1 unspecified atom stereocenters. The Bertz CT molecular complexity index is 999. The zero-order valence-corrected chi connectivity index (χ0v) is 18.0. The standard InChI is InChI=1S/C17H23FN2O4S3/c1-12-11-17(14(3)25-12)13(2)19-26(21,22)10-9-20(4)27(23,24)16-7-5-15(18)6-8-16/h5-8,11,13,19H,9-10H2,1-4H3. The average molecular weight is 435 g/mol. The van der Waals surface area contributed by atoms with Crippen LogP contribution in [0.2, 0.25) is 0 Å². The predicted octanol–water partition coefficient (Wildman–Crippen LogP) is 2.81. The first-order valence-electron chi connectivity index (χ1n) is 8.21. The van der Waals surface area contributed by atoms with Gasteiger partial charge in [0.25, 0.3) is 0 Å². The molecule has 27 heavy (non-hydrogen) atoms. The molecule has 0 radical (unpaired) electrons. The Hall–Kier alpha value is -1.33. The molecular weight excluding hydrogens is 411 g/mol. The van der Waals surface area contributed by atoms with Crippen LogP contribution in [0.1, 0.15) is 28.3 Å². The summed E-state index contributed by atoms with van der Waals surface area (Å²) in [5.74, 6) is -0.924. The Morgan fingerprint density at radius 1 is 1.15 bits per heavy atom. The molecule has 1 atom stereocenters. The largest absolute Gasteiger partial charge is 0.242 e. The first-order chi connectivity index (χ1) is 12.4. The lowest BCUT2D eigenvalue weighted by atomic mass is 10.1. The number of hydrogen-bond donors (Lipinski definition) is 1. The van der Waals surface area contributed by atoms with Gasteiger partial charge in [0.2, 0.25) is 20.0 Å². The van der Waals surface area contributed by atoms with Gasteiger partial charge in [0, 0.05) is 29.4 Å². The van der Waals surface area contributed by atoms with Gasteiger partial charge in [0.15, 0.2) is 0 Å². The summed E-state index contributed by atoms with van der Waals surface area (Å²) >= 11 is 1.59. The van der Waals surface area contributed by atoms with Crippen molar-refractivity contribution in [3.8, 4) is 0 Å². The monoisotopic (exact) mass is 434 g/mol. The molecule has 10 heteroatoms. The molecular formula is C17H23FN2O4S3. The highest BCUT2D eigenvalue weighted by molar-refractivity contribution is 7.90. The molecule has 0 aliphatic rings. The molecule has 0 saturated heterocycles. The van der Waals surface area contributed by atoms with E-state index in [9.17, 15) is 21.2 Å². The molecule has 2 rings (SSSR count). The lowest BCUT2D eigenvalue weighted by Crippen LogP contribution is -2.36. The first kappa shape index (κ1) is 22.0. The van der Waals surface area contributed by atoms with Gasteiger partial charge in [-0.15, -0.1) is 11.3 Å². The van der Waals surface area contributed by atoms with Crippen LogP contribution in [-0.4, -0.2) is 40.5 Å². The van der Waals surface area contributed by atoms with E-state index in [-0.39, 0.29) is 17.2 Å². The van der Waals surface area contributed by atoms with Crippen molar-refractivity contribution in [1.29, 1.82) is 0 Å². The first-order valence-corrected chi connectivity index (χ1v) is 12.1. The number of thiophene rings is 1. The minimum atomic E-state index is -3.89. The quantitative estimate of drug-likeness (QED) is 0.693. The normalized spacial score (nSPS) is 13.9. The van der Waals surface area contributed by atoms with Gasteiger partial charge in [-0.25, -0.2) is 25.9 Å². The Balaban J connectivity index is 2.03. The third-order valence-corrected chi connectivity index (χ3v) is 8.38. The molecule has 0 amide bonds. The molecule has 0 aliphatic heterocycles. The fourth-order valence-electron chi connectivity index (χ4n) is 2.63. The summed E-state index contributed by atoms with van der Waals surface area (Å²) in [5.41, 5.74) is 0.911. The van der Waals surface area contributed by atoms with Crippen molar-refractivity contribution < 1.29 is 21.2 Å². The van der Waals surface area contributed by atoms with Crippen LogP contribution in [0.15, 0.2) is 35.2 Å². The van der Waals surface area contributed by atoms with E-state index in [4.69, 9.17) is 0 Å². The van der Waals surface area contributed by atoms with E-state index in [1.54, 1.807) is 18.3 Å². The van der Waals surface area contributed by atoms with Crippen LogP contribution in [0, 0.1) is 19.7 Å².